The molecular formula is C25H39N3O5S. The van der Waals surface area contributed by atoms with Gasteiger partial charge < -0.3 is 19.7 Å². The summed E-state index contributed by atoms with van der Waals surface area (Å²) in [5, 5.41) is 3.07. The molecule has 3 heterocycles. The van der Waals surface area contributed by atoms with Crippen molar-refractivity contribution in [2.45, 2.75) is 56.8 Å². The molecule has 3 aliphatic rings. The third-order valence-corrected chi connectivity index (χ3v) is 9.02. The van der Waals surface area contributed by atoms with Gasteiger partial charge in [0, 0.05) is 44.6 Å². The maximum absolute atomic E-state index is 13.2. The summed E-state index contributed by atoms with van der Waals surface area (Å²) in [5.74, 6) is 1.78. The zero-order valence-electron chi connectivity index (χ0n) is 20.3. The number of hydrogen-bond donors (Lipinski definition) is 1. The zero-order valence-corrected chi connectivity index (χ0v) is 21.2. The first-order valence-corrected chi connectivity index (χ1v) is 14.3. The predicted molar refractivity (Wildman–Crippen MR) is 131 cm³/mol. The van der Waals surface area contributed by atoms with E-state index < -0.39 is 10.0 Å². The summed E-state index contributed by atoms with van der Waals surface area (Å²) in [6.07, 6.45) is 6.56. The lowest BCUT2D eigenvalue weighted by atomic mass is 9.97. The third kappa shape index (κ3) is 6.43. The minimum atomic E-state index is -3.63. The zero-order chi connectivity index (χ0) is 24.0. The monoisotopic (exact) mass is 493 g/mol. The Labute approximate surface area is 204 Å². The lowest BCUT2D eigenvalue weighted by Gasteiger charge is -2.31. The first-order valence-electron chi connectivity index (χ1n) is 12.8. The van der Waals surface area contributed by atoms with E-state index in [0.29, 0.717) is 57.2 Å². The van der Waals surface area contributed by atoms with Gasteiger partial charge >= 0.3 is 0 Å². The van der Waals surface area contributed by atoms with Crippen LogP contribution in [0.1, 0.15) is 51.9 Å². The number of carbonyl (C=O) groups excluding carboxylic acids is 1. The summed E-state index contributed by atoms with van der Waals surface area (Å²) in [5.41, 5.74) is 0. The van der Waals surface area contributed by atoms with Crippen LogP contribution in [0.25, 0.3) is 0 Å². The normalized spacial score (nSPS) is 22.8. The van der Waals surface area contributed by atoms with E-state index in [0.717, 1.165) is 31.7 Å². The number of hydrogen-bond acceptors (Lipinski definition) is 6. The first kappa shape index (κ1) is 25.3. The lowest BCUT2D eigenvalue weighted by Crippen LogP contribution is -2.43. The summed E-state index contributed by atoms with van der Waals surface area (Å²) >= 11 is 0. The van der Waals surface area contributed by atoms with Crippen molar-refractivity contribution < 1.29 is 22.7 Å². The van der Waals surface area contributed by atoms with Crippen LogP contribution >= 0.6 is 0 Å². The highest BCUT2D eigenvalue weighted by Gasteiger charge is 2.32. The van der Waals surface area contributed by atoms with E-state index in [1.54, 1.807) is 18.2 Å². The van der Waals surface area contributed by atoms with E-state index in [1.165, 1.54) is 30.2 Å². The smallest absolute Gasteiger partial charge is 0.243 e. The Morgan fingerprint density at radius 2 is 1.79 bits per heavy atom. The molecule has 4 rings (SSSR count). The summed E-state index contributed by atoms with van der Waals surface area (Å²) in [4.78, 5) is 15.4. The number of piperidine rings is 2. The van der Waals surface area contributed by atoms with Gasteiger partial charge in [0.05, 0.1) is 18.1 Å². The summed E-state index contributed by atoms with van der Waals surface area (Å²) in [6, 6.07) is 4.80. The van der Waals surface area contributed by atoms with Crippen molar-refractivity contribution in [3.8, 4) is 11.5 Å². The van der Waals surface area contributed by atoms with Gasteiger partial charge in [0.1, 0.15) is 0 Å². The molecule has 8 nitrogen and oxygen atoms in total. The standard InChI is InChI=1S/C25H39N3O5S/c1-20-6-4-13-27(19-20)12-3-2-11-26-25(29)21-9-14-28(15-10-21)34(30,31)22-7-8-23-24(18-22)33-17-5-16-32-23/h7-8,18,20-21H,2-6,9-17,19H2,1H3,(H,26,29). The van der Waals surface area contributed by atoms with Gasteiger partial charge in [0.25, 0.3) is 0 Å². The van der Waals surface area contributed by atoms with Gasteiger partial charge in [-0.05, 0) is 69.7 Å². The third-order valence-electron chi connectivity index (χ3n) is 7.12. The van der Waals surface area contributed by atoms with Gasteiger partial charge in [-0.15, -0.1) is 0 Å². The molecule has 0 aromatic heterocycles. The molecule has 2 saturated heterocycles. The van der Waals surface area contributed by atoms with Crippen LogP contribution < -0.4 is 14.8 Å². The topological polar surface area (TPSA) is 88.2 Å². The molecular weight excluding hydrogens is 454 g/mol. The molecule has 1 N–H and O–H groups in total. The minimum Gasteiger partial charge on any atom is -0.490 e. The number of benzene rings is 1. The molecule has 1 atom stereocenters. The molecule has 1 amide bonds. The van der Waals surface area contributed by atoms with E-state index in [1.807, 2.05) is 0 Å². The van der Waals surface area contributed by atoms with E-state index in [2.05, 4.69) is 17.1 Å². The average Bonchev–Trinajstić information content (AvgIpc) is 3.09. The van der Waals surface area contributed by atoms with E-state index in [-0.39, 0.29) is 16.7 Å². The highest BCUT2D eigenvalue weighted by molar-refractivity contribution is 7.89. The molecule has 9 heteroatoms. The van der Waals surface area contributed by atoms with Gasteiger partial charge in [-0.3, -0.25) is 4.79 Å². The van der Waals surface area contributed by atoms with Crippen molar-refractivity contribution in [3.63, 3.8) is 0 Å². The molecule has 1 unspecified atom stereocenters. The fraction of sp³-hybridized carbons (Fsp3) is 0.720. The number of nitrogens with one attached hydrogen (secondary N) is 1. The van der Waals surface area contributed by atoms with Crippen LogP contribution in [0.5, 0.6) is 11.5 Å². The lowest BCUT2D eigenvalue weighted by molar-refractivity contribution is -0.126. The molecule has 3 aliphatic heterocycles. The Balaban J connectivity index is 1.19. The number of sulfonamides is 1. The summed E-state index contributed by atoms with van der Waals surface area (Å²) in [6.45, 7) is 8.28. The number of carbonyl (C=O) groups is 1. The van der Waals surface area contributed by atoms with Crippen molar-refractivity contribution in [3.05, 3.63) is 18.2 Å². The molecule has 1 aromatic rings. The molecule has 1 aromatic carbocycles. The highest BCUT2D eigenvalue weighted by atomic mass is 32.2. The van der Waals surface area contributed by atoms with Gasteiger partial charge in [-0.25, -0.2) is 8.42 Å². The van der Waals surface area contributed by atoms with Crippen LogP contribution in [0.2, 0.25) is 0 Å². The molecule has 0 aliphatic carbocycles. The van der Waals surface area contributed by atoms with Crippen molar-refractivity contribution in [1.82, 2.24) is 14.5 Å². The number of rotatable bonds is 8. The Kier molecular flexibility index (Phi) is 8.71. The molecule has 0 radical (unpaired) electrons. The summed E-state index contributed by atoms with van der Waals surface area (Å²) < 4.78 is 39.0. The average molecular weight is 494 g/mol. The van der Waals surface area contributed by atoms with Crippen LogP contribution in [-0.4, -0.2) is 76.0 Å². The van der Waals surface area contributed by atoms with Crippen molar-refractivity contribution in [2.75, 3.05) is 52.5 Å². The van der Waals surface area contributed by atoms with E-state index >= 15 is 0 Å². The van der Waals surface area contributed by atoms with Gasteiger partial charge in [-0.2, -0.15) is 4.31 Å². The van der Waals surface area contributed by atoms with Crippen LogP contribution in [0.3, 0.4) is 0 Å². The SMILES string of the molecule is CC1CCCN(CCCCNC(=O)C2CCN(S(=O)(=O)c3ccc4c(c3)OCCCO4)CC2)C1. The fourth-order valence-electron chi connectivity index (χ4n) is 5.12. The number of nitrogens with zero attached hydrogens (tertiary/aromatic N) is 2. The molecule has 34 heavy (non-hydrogen) atoms. The molecule has 0 saturated carbocycles. The highest BCUT2D eigenvalue weighted by Crippen LogP contribution is 2.33. The molecule has 0 spiro atoms. The second-order valence-electron chi connectivity index (χ2n) is 9.88. The summed E-state index contributed by atoms with van der Waals surface area (Å²) in [7, 11) is -3.63. The Morgan fingerprint density at radius 1 is 1.03 bits per heavy atom. The number of unbranched alkanes of at least 4 members (excludes halogenated alkanes) is 1. The Hall–Kier alpha value is -1.84. The van der Waals surface area contributed by atoms with E-state index in [4.69, 9.17) is 9.47 Å². The van der Waals surface area contributed by atoms with Gasteiger partial charge in [-0.1, -0.05) is 6.92 Å². The van der Waals surface area contributed by atoms with Gasteiger partial charge in [0.15, 0.2) is 11.5 Å². The first-order chi connectivity index (χ1) is 16.4. The van der Waals surface area contributed by atoms with Crippen LogP contribution in [-0.2, 0) is 14.8 Å². The Morgan fingerprint density at radius 3 is 2.56 bits per heavy atom. The number of amides is 1. The maximum Gasteiger partial charge on any atom is 0.243 e. The number of ether oxygens (including phenoxy) is 2. The van der Waals surface area contributed by atoms with E-state index in [9.17, 15) is 13.2 Å². The predicted octanol–water partition coefficient (Wildman–Crippen LogP) is 2.88. The minimum absolute atomic E-state index is 0.0548. The molecule has 0 bridgehead atoms. The number of fused-ring (bicyclic) bond motifs is 1. The second kappa shape index (κ2) is 11.7. The largest absolute Gasteiger partial charge is 0.490 e. The molecule has 190 valence electrons. The van der Waals surface area contributed by atoms with Crippen LogP contribution in [0, 0.1) is 11.8 Å². The second-order valence-corrected chi connectivity index (χ2v) is 11.8. The van der Waals surface area contributed by atoms with Crippen molar-refractivity contribution in [2.24, 2.45) is 11.8 Å². The Bertz CT molecular complexity index is 930. The van der Waals surface area contributed by atoms with Crippen LogP contribution in [0.15, 0.2) is 23.1 Å². The van der Waals surface area contributed by atoms with Gasteiger partial charge in [0.2, 0.25) is 15.9 Å². The quantitative estimate of drug-likeness (QED) is 0.561. The molecule has 2 fully saturated rings. The fourth-order valence-corrected chi connectivity index (χ4v) is 6.60. The number of likely N-dealkylation sites (tertiary alicyclic amines) is 1. The maximum atomic E-state index is 13.2. The van der Waals surface area contributed by atoms with Crippen molar-refractivity contribution in [1.29, 1.82) is 0 Å². The van der Waals surface area contributed by atoms with Crippen LogP contribution in [0.4, 0.5) is 0 Å². The van der Waals surface area contributed by atoms with Crippen molar-refractivity contribution >= 4 is 15.9 Å².